The third kappa shape index (κ3) is 3.42. The van der Waals surface area contributed by atoms with Gasteiger partial charge in [-0.15, -0.1) is 0 Å². The van der Waals surface area contributed by atoms with Crippen molar-refractivity contribution in [3.05, 3.63) is 52.3 Å². The second-order valence-electron chi connectivity index (χ2n) is 4.51. The molecule has 8 heteroatoms. The van der Waals surface area contributed by atoms with Gasteiger partial charge < -0.3 is 10.7 Å². The zero-order chi connectivity index (χ0) is 15.2. The Morgan fingerprint density at radius 3 is 2.57 bits per heavy atom. The molecule has 2 aromatic rings. The number of nitrogens with one attached hydrogen (secondary N) is 2. The molecule has 0 radical (unpaired) electrons. The molecule has 1 atom stereocenters. The van der Waals surface area contributed by atoms with Gasteiger partial charge in [-0.1, -0.05) is 37.3 Å². The highest BCUT2D eigenvalue weighted by Gasteiger charge is 2.22. The second-order valence-corrected chi connectivity index (χ2v) is 4.51. The summed E-state index contributed by atoms with van der Waals surface area (Å²) in [4.78, 5) is 18.2. The van der Waals surface area contributed by atoms with Gasteiger partial charge in [-0.2, -0.15) is 0 Å². The van der Waals surface area contributed by atoms with Gasteiger partial charge in [0, 0.05) is 6.54 Å². The van der Waals surface area contributed by atoms with Crippen LogP contribution in [0.4, 0.5) is 17.3 Å². The molecule has 2 rings (SSSR count). The molecular formula is C13H16N6O2. The lowest BCUT2D eigenvalue weighted by Gasteiger charge is -2.13. The first-order valence-electron chi connectivity index (χ1n) is 6.38. The van der Waals surface area contributed by atoms with E-state index < -0.39 is 4.92 Å². The van der Waals surface area contributed by atoms with Crippen molar-refractivity contribution < 1.29 is 4.92 Å². The van der Waals surface area contributed by atoms with Crippen molar-refractivity contribution in [1.29, 1.82) is 0 Å². The van der Waals surface area contributed by atoms with Gasteiger partial charge in [0.15, 0.2) is 0 Å². The average molecular weight is 288 g/mol. The zero-order valence-corrected chi connectivity index (χ0v) is 11.5. The number of nitrogens with zero attached hydrogens (tertiary/aromatic N) is 3. The van der Waals surface area contributed by atoms with Crippen molar-refractivity contribution in [3.8, 4) is 0 Å². The van der Waals surface area contributed by atoms with E-state index in [1.807, 2.05) is 37.3 Å². The molecule has 0 fully saturated rings. The summed E-state index contributed by atoms with van der Waals surface area (Å²) in [7, 11) is 0. The largest absolute Gasteiger partial charge is 0.364 e. The van der Waals surface area contributed by atoms with Crippen molar-refractivity contribution in [2.24, 2.45) is 5.84 Å². The van der Waals surface area contributed by atoms with E-state index in [4.69, 9.17) is 5.84 Å². The van der Waals surface area contributed by atoms with Crippen LogP contribution in [0.1, 0.15) is 18.4 Å². The molecular weight excluding hydrogens is 272 g/mol. The lowest BCUT2D eigenvalue weighted by molar-refractivity contribution is -0.383. The fraction of sp³-hybridized carbons (Fsp3) is 0.231. The summed E-state index contributed by atoms with van der Waals surface area (Å²) in [6.45, 7) is 2.53. The first-order chi connectivity index (χ1) is 10.1. The summed E-state index contributed by atoms with van der Waals surface area (Å²) in [5, 5.41) is 14.1. The van der Waals surface area contributed by atoms with Crippen molar-refractivity contribution >= 4 is 17.3 Å². The molecule has 0 aliphatic carbocycles. The van der Waals surface area contributed by atoms with Crippen LogP contribution in [0, 0.1) is 10.1 Å². The first-order valence-corrected chi connectivity index (χ1v) is 6.38. The highest BCUT2D eigenvalue weighted by Crippen LogP contribution is 2.28. The number of hydrogen-bond acceptors (Lipinski definition) is 7. The molecule has 1 aromatic heterocycles. The molecule has 21 heavy (non-hydrogen) atoms. The van der Waals surface area contributed by atoms with Gasteiger partial charge in [-0.3, -0.25) is 10.1 Å². The first kappa shape index (κ1) is 14.7. The summed E-state index contributed by atoms with van der Waals surface area (Å²) in [6.07, 6.45) is 1.22. The minimum Gasteiger partial charge on any atom is -0.364 e. The fourth-order valence-electron chi connectivity index (χ4n) is 1.94. The lowest BCUT2D eigenvalue weighted by atomic mass is 10.0. The number of hydrogen-bond donors (Lipinski definition) is 3. The predicted octanol–water partition coefficient (Wildman–Crippen LogP) is 1.89. The monoisotopic (exact) mass is 288 g/mol. The number of anilines is 2. The Bertz CT molecular complexity index is 619. The normalized spacial score (nSPS) is 11.7. The SMILES string of the molecule is CC(CNc1ncnc(NN)c1[N+](=O)[O-])c1ccccc1. The highest BCUT2D eigenvalue weighted by atomic mass is 16.6. The number of nitro groups is 1. The number of rotatable bonds is 6. The topological polar surface area (TPSA) is 119 Å². The standard InChI is InChI=1S/C13H16N6O2/c1-9(10-5-3-2-4-6-10)7-15-12-11(19(20)21)13(18-14)17-8-16-12/h2-6,8-9H,7,14H2,1H3,(H2,15,16,17,18). The van der Waals surface area contributed by atoms with Crippen LogP contribution in [0.3, 0.4) is 0 Å². The Balaban J connectivity index is 2.15. The smallest absolute Gasteiger partial charge is 0.354 e. The van der Waals surface area contributed by atoms with E-state index in [0.717, 1.165) is 5.56 Å². The molecule has 4 N–H and O–H groups in total. The van der Waals surface area contributed by atoms with Crippen LogP contribution in [0.25, 0.3) is 0 Å². The molecule has 0 amide bonds. The molecule has 0 saturated heterocycles. The van der Waals surface area contributed by atoms with Crippen LogP contribution in [0.5, 0.6) is 0 Å². The van der Waals surface area contributed by atoms with E-state index in [2.05, 4.69) is 20.7 Å². The summed E-state index contributed by atoms with van der Waals surface area (Å²) < 4.78 is 0. The maximum absolute atomic E-state index is 11.1. The van der Waals surface area contributed by atoms with E-state index in [1.54, 1.807) is 0 Å². The van der Waals surface area contributed by atoms with Gasteiger partial charge in [-0.05, 0) is 11.5 Å². The maximum Gasteiger partial charge on any atom is 0.354 e. The number of benzene rings is 1. The Labute approximate surface area is 121 Å². The van der Waals surface area contributed by atoms with Crippen molar-refractivity contribution in [2.45, 2.75) is 12.8 Å². The van der Waals surface area contributed by atoms with E-state index in [0.29, 0.717) is 6.54 Å². The van der Waals surface area contributed by atoms with Crippen LogP contribution in [0.2, 0.25) is 0 Å². The zero-order valence-electron chi connectivity index (χ0n) is 11.5. The van der Waals surface area contributed by atoms with Crippen LogP contribution in [-0.2, 0) is 0 Å². The van der Waals surface area contributed by atoms with E-state index >= 15 is 0 Å². The van der Waals surface area contributed by atoms with Crippen LogP contribution < -0.4 is 16.6 Å². The molecule has 1 heterocycles. The third-order valence-electron chi connectivity index (χ3n) is 3.09. The summed E-state index contributed by atoms with van der Waals surface area (Å²) in [6, 6.07) is 9.87. The van der Waals surface area contributed by atoms with Crippen LogP contribution in [-0.4, -0.2) is 21.4 Å². The van der Waals surface area contributed by atoms with Crippen LogP contribution >= 0.6 is 0 Å². The molecule has 110 valence electrons. The number of nitrogens with two attached hydrogens (primary N) is 1. The van der Waals surface area contributed by atoms with E-state index in [1.165, 1.54) is 6.33 Å². The molecule has 0 bridgehead atoms. The second kappa shape index (κ2) is 6.62. The quantitative estimate of drug-likeness (QED) is 0.422. The van der Waals surface area contributed by atoms with Gasteiger partial charge >= 0.3 is 5.69 Å². The van der Waals surface area contributed by atoms with E-state index in [9.17, 15) is 10.1 Å². The fourth-order valence-corrected chi connectivity index (χ4v) is 1.94. The van der Waals surface area contributed by atoms with Crippen molar-refractivity contribution in [2.75, 3.05) is 17.3 Å². The summed E-state index contributed by atoms with van der Waals surface area (Å²) >= 11 is 0. The van der Waals surface area contributed by atoms with E-state index in [-0.39, 0.29) is 23.2 Å². The molecule has 1 aromatic carbocycles. The van der Waals surface area contributed by atoms with Crippen molar-refractivity contribution in [3.63, 3.8) is 0 Å². The van der Waals surface area contributed by atoms with Gasteiger partial charge in [0.1, 0.15) is 6.33 Å². The minimum absolute atomic E-state index is 0.0233. The van der Waals surface area contributed by atoms with Gasteiger partial charge in [0.05, 0.1) is 4.92 Å². The average Bonchev–Trinajstić information content (AvgIpc) is 2.52. The Kier molecular flexibility index (Phi) is 4.62. The van der Waals surface area contributed by atoms with Crippen molar-refractivity contribution in [1.82, 2.24) is 9.97 Å². The molecule has 0 saturated carbocycles. The molecule has 0 aliphatic heterocycles. The Hall–Kier alpha value is -2.74. The molecule has 0 spiro atoms. The molecule has 0 aliphatic rings. The maximum atomic E-state index is 11.1. The van der Waals surface area contributed by atoms with Gasteiger partial charge in [0.2, 0.25) is 11.6 Å². The Morgan fingerprint density at radius 2 is 1.95 bits per heavy atom. The predicted molar refractivity (Wildman–Crippen MR) is 79.8 cm³/mol. The van der Waals surface area contributed by atoms with Crippen LogP contribution in [0.15, 0.2) is 36.7 Å². The summed E-state index contributed by atoms with van der Waals surface area (Å²) in [5.41, 5.74) is 3.08. The lowest BCUT2D eigenvalue weighted by Crippen LogP contribution is -2.16. The number of aromatic nitrogens is 2. The molecule has 8 nitrogen and oxygen atoms in total. The number of nitrogen functional groups attached to an aromatic ring is 1. The minimum atomic E-state index is -0.565. The summed E-state index contributed by atoms with van der Waals surface area (Å²) in [5.74, 6) is 5.53. The third-order valence-corrected chi connectivity index (χ3v) is 3.09. The van der Waals surface area contributed by atoms with Gasteiger partial charge in [0.25, 0.3) is 0 Å². The Morgan fingerprint density at radius 1 is 1.29 bits per heavy atom. The molecule has 1 unspecified atom stereocenters. The highest BCUT2D eigenvalue weighted by molar-refractivity contribution is 5.68. The number of hydrazine groups is 1. The van der Waals surface area contributed by atoms with Gasteiger partial charge in [-0.25, -0.2) is 15.8 Å².